The van der Waals surface area contributed by atoms with Crippen LogP contribution in [0.3, 0.4) is 0 Å². The standard InChI is InChI=1S/C13H14N2O4/c16-8-10(17)12(9-4-2-1-3-5-9)15-7-6-11(18)14-13(15)19/h1-7,10,12,16-17H,8H2,(H,14,18,19). The Hall–Kier alpha value is -2.18. The van der Waals surface area contributed by atoms with Gasteiger partial charge in [0, 0.05) is 12.3 Å². The Morgan fingerprint density at radius 2 is 1.84 bits per heavy atom. The van der Waals surface area contributed by atoms with Gasteiger partial charge in [0.25, 0.3) is 5.56 Å². The van der Waals surface area contributed by atoms with Crippen LogP contribution in [0.5, 0.6) is 0 Å². The number of hydrogen-bond acceptors (Lipinski definition) is 4. The predicted octanol–water partition coefficient (Wildman–Crippen LogP) is -0.521. The van der Waals surface area contributed by atoms with Crippen LogP contribution in [0, 0.1) is 0 Å². The Balaban J connectivity index is 2.56. The topological polar surface area (TPSA) is 95.3 Å². The molecule has 19 heavy (non-hydrogen) atoms. The Morgan fingerprint density at radius 3 is 2.42 bits per heavy atom. The molecule has 0 radical (unpaired) electrons. The van der Waals surface area contributed by atoms with Crippen molar-refractivity contribution in [2.75, 3.05) is 6.61 Å². The summed E-state index contributed by atoms with van der Waals surface area (Å²) in [7, 11) is 0. The van der Waals surface area contributed by atoms with E-state index in [1.165, 1.54) is 16.8 Å². The molecule has 0 amide bonds. The number of nitrogens with zero attached hydrogens (tertiary/aromatic N) is 1. The highest BCUT2D eigenvalue weighted by Gasteiger charge is 2.23. The Morgan fingerprint density at radius 1 is 1.16 bits per heavy atom. The first kappa shape index (κ1) is 13.3. The van der Waals surface area contributed by atoms with Gasteiger partial charge < -0.3 is 10.2 Å². The van der Waals surface area contributed by atoms with E-state index in [0.29, 0.717) is 5.56 Å². The van der Waals surface area contributed by atoms with E-state index in [0.717, 1.165) is 0 Å². The van der Waals surface area contributed by atoms with Gasteiger partial charge in [-0.25, -0.2) is 4.79 Å². The van der Waals surface area contributed by atoms with E-state index in [1.807, 2.05) is 6.07 Å². The van der Waals surface area contributed by atoms with Gasteiger partial charge in [-0.1, -0.05) is 30.3 Å². The molecule has 0 bridgehead atoms. The largest absolute Gasteiger partial charge is 0.394 e. The summed E-state index contributed by atoms with van der Waals surface area (Å²) < 4.78 is 1.19. The number of aliphatic hydroxyl groups excluding tert-OH is 2. The van der Waals surface area contributed by atoms with E-state index in [9.17, 15) is 14.7 Å². The van der Waals surface area contributed by atoms with Gasteiger partial charge in [-0.2, -0.15) is 0 Å². The number of nitrogens with one attached hydrogen (secondary N) is 1. The van der Waals surface area contributed by atoms with E-state index >= 15 is 0 Å². The highest BCUT2D eigenvalue weighted by molar-refractivity contribution is 5.21. The Bertz CT molecular complexity index is 647. The third-order valence-electron chi connectivity index (χ3n) is 2.84. The minimum Gasteiger partial charge on any atom is -0.394 e. The van der Waals surface area contributed by atoms with Gasteiger partial charge >= 0.3 is 5.69 Å². The van der Waals surface area contributed by atoms with Crippen molar-refractivity contribution in [3.8, 4) is 0 Å². The molecule has 0 saturated carbocycles. The normalized spacial score (nSPS) is 14.0. The summed E-state index contributed by atoms with van der Waals surface area (Å²) in [5.41, 5.74) is -0.474. The van der Waals surface area contributed by atoms with Crippen LogP contribution in [-0.4, -0.2) is 32.5 Å². The Kier molecular flexibility index (Phi) is 3.94. The van der Waals surface area contributed by atoms with Gasteiger partial charge in [-0.3, -0.25) is 14.3 Å². The van der Waals surface area contributed by atoms with E-state index in [-0.39, 0.29) is 0 Å². The SMILES string of the molecule is O=c1ccn(C(c2ccccc2)C(O)CO)c(=O)[nH]1. The molecule has 1 aromatic heterocycles. The lowest BCUT2D eigenvalue weighted by molar-refractivity contribution is 0.0626. The molecule has 1 aromatic carbocycles. The predicted molar refractivity (Wildman–Crippen MR) is 69.0 cm³/mol. The third kappa shape index (κ3) is 2.81. The Labute approximate surface area is 108 Å². The second-order valence-corrected chi connectivity index (χ2v) is 4.12. The van der Waals surface area contributed by atoms with Gasteiger partial charge in [-0.15, -0.1) is 0 Å². The molecule has 1 heterocycles. The van der Waals surface area contributed by atoms with Crippen molar-refractivity contribution < 1.29 is 10.2 Å². The quantitative estimate of drug-likeness (QED) is 0.691. The average Bonchev–Trinajstić information content (AvgIpc) is 2.42. The molecule has 2 rings (SSSR count). The minimum atomic E-state index is -1.15. The number of aliphatic hydroxyl groups is 2. The van der Waals surface area contributed by atoms with Crippen LogP contribution in [0.25, 0.3) is 0 Å². The van der Waals surface area contributed by atoms with Crippen molar-refractivity contribution >= 4 is 0 Å². The highest BCUT2D eigenvalue weighted by atomic mass is 16.3. The number of H-pyrrole nitrogens is 1. The summed E-state index contributed by atoms with van der Waals surface area (Å²) >= 11 is 0. The molecule has 2 atom stereocenters. The molecule has 6 heteroatoms. The summed E-state index contributed by atoms with van der Waals surface area (Å²) in [4.78, 5) is 25.0. The average molecular weight is 262 g/mol. The van der Waals surface area contributed by atoms with Crippen LogP contribution < -0.4 is 11.2 Å². The first-order chi connectivity index (χ1) is 9.13. The van der Waals surface area contributed by atoms with Crippen molar-refractivity contribution in [3.05, 3.63) is 69.0 Å². The maximum absolute atomic E-state index is 11.8. The van der Waals surface area contributed by atoms with Crippen molar-refractivity contribution in [2.45, 2.75) is 12.1 Å². The first-order valence-electron chi connectivity index (χ1n) is 5.79. The number of benzene rings is 1. The molecule has 0 saturated heterocycles. The maximum Gasteiger partial charge on any atom is 0.328 e. The molecular formula is C13H14N2O4. The maximum atomic E-state index is 11.8. The fourth-order valence-electron chi connectivity index (χ4n) is 1.96. The molecule has 2 unspecified atom stereocenters. The van der Waals surface area contributed by atoms with Crippen LogP contribution in [0.4, 0.5) is 0 Å². The second-order valence-electron chi connectivity index (χ2n) is 4.12. The summed E-state index contributed by atoms with van der Waals surface area (Å²) in [5, 5.41) is 19.1. The fraction of sp³-hybridized carbons (Fsp3) is 0.231. The summed E-state index contributed by atoms with van der Waals surface area (Å²) in [5.74, 6) is 0. The fourth-order valence-corrected chi connectivity index (χ4v) is 1.96. The number of hydrogen-bond donors (Lipinski definition) is 3. The molecule has 0 aliphatic carbocycles. The van der Waals surface area contributed by atoms with E-state index in [2.05, 4.69) is 4.98 Å². The van der Waals surface area contributed by atoms with Crippen molar-refractivity contribution in [2.24, 2.45) is 0 Å². The number of aromatic nitrogens is 2. The van der Waals surface area contributed by atoms with Gasteiger partial charge in [0.2, 0.25) is 0 Å². The van der Waals surface area contributed by atoms with Gasteiger partial charge in [0.1, 0.15) is 6.10 Å². The van der Waals surface area contributed by atoms with Crippen LogP contribution in [0.15, 0.2) is 52.2 Å². The zero-order valence-corrected chi connectivity index (χ0v) is 10.1. The zero-order valence-electron chi connectivity index (χ0n) is 10.1. The van der Waals surface area contributed by atoms with Crippen molar-refractivity contribution in [1.29, 1.82) is 0 Å². The smallest absolute Gasteiger partial charge is 0.328 e. The van der Waals surface area contributed by atoms with Crippen LogP contribution >= 0.6 is 0 Å². The van der Waals surface area contributed by atoms with Crippen molar-refractivity contribution in [1.82, 2.24) is 9.55 Å². The van der Waals surface area contributed by atoms with Gasteiger partial charge in [0.15, 0.2) is 0 Å². The summed E-state index contributed by atoms with van der Waals surface area (Å²) in [6, 6.07) is 9.26. The van der Waals surface area contributed by atoms with Crippen molar-refractivity contribution in [3.63, 3.8) is 0 Å². The molecule has 6 nitrogen and oxygen atoms in total. The molecule has 0 spiro atoms. The zero-order chi connectivity index (χ0) is 13.8. The molecule has 0 fully saturated rings. The van der Waals surface area contributed by atoms with E-state index in [4.69, 9.17) is 5.11 Å². The van der Waals surface area contributed by atoms with Crippen LogP contribution in [0.1, 0.15) is 11.6 Å². The van der Waals surface area contributed by atoms with Gasteiger partial charge in [-0.05, 0) is 5.56 Å². The highest BCUT2D eigenvalue weighted by Crippen LogP contribution is 2.19. The second kappa shape index (κ2) is 5.64. The lowest BCUT2D eigenvalue weighted by atomic mass is 10.0. The molecular weight excluding hydrogens is 248 g/mol. The molecule has 100 valence electrons. The van der Waals surface area contributed by atoms with E-state index < -0.39 is 30.0 Å². The van der Waals surface area contributed by atoms with Gasteiger partial charge in [0.05, 0.1) is 12.6 Å². The first-order valence-corrected chi connectivity index (χ1v) is 5.79. The number of rotatable bonds is 4. The monoisotopic (exact) mass is 262 g/mol. The molecule has 3 N–H and O–H groups in total. The van der Waals surface area contributed by atoms with E-state index in [1.54, 1.807) is 24.3 Å². The third-order valence-corrected chi connectivity index (χ3v) is 2.84. The minimum absolute atomic E-state index is 0.495. The molecule has 0 aliphatic heterocycles. The summed E-state index contributed by atoms with van der Waals surface area (Å²) in [6.07, 6.45) is 0.156. The lowest BCUT2D eigenvalue weighted by Crippen LogP contribution is -2.38. The number of aromatic amines is 1. The lowest BCUT2D eigenvalue weighted by Gasteiger charge is -2.23. The summed E-state index contributed by atoms with van der Waals surface area (Å²) in [6.45, 7) is -0.495. The molecule has 0 aliphatic rings. The van der Waals surface area contributed by atoms with Crippen LogP contribution in [-0.2, 0) is 0 Å². The molecule has 2 aromatic rings. The van der Waals surface area contributed by atoms with Crippen LogP contribution in [0.2, 0.25) is 0 Å².